The normalized spacial score (nSPS) is 43.0. The first-order valence-corrected chi connectivity index (χ1v) is 11.0. The molecular weight excluding hydrogens is 332 g/mol. The molecular formula is C24H38N2O. The monoisotopic (exact) mass is 370 g/mol. The van der Waals surface area contributed by atoms with Gasteiger partial charge < -0.3 is 10.6 Å². The number of oxime groups is 1. The summed E-state index contributed by atoms with van der Waals surface area (Å²) in [6.45, 7) is 13.9. The molecule has 3 nitrogen and oxygen atoms in total. The minimum atomic E-state index is -0.335. The van der Waals surface area contributed by atoms with E-state index in [0.717, 1.165) is 29.9 Å². The number of allylic oxidation sites excluding steroid dienone is 3. The van der Waals surface area contributed by atoms with Crippen LogP contribution >= 0.6 is 0 Å². The van der Waals surface area contributed by atoms with Crippen molar-refractivity contribution in [2.75, 3.05) is 6.61 Å². The summed E-state index contributed by atoms with van der Waals surface area (Å²) in [5, 5.41) is 4.42. The molecule has 0 spiro atoms. The Kier molecular flexibility index (Phi) is 4.61. The zero-order chi connectivity index (χ0) is 19.4. The average Bonchev–Trinajstić information content (AvgIpc) is 2.89. The molecule has 4 aliphatic rings. The topological polar surface area (TPSA) is 47.6 Å². The van der Waals surface area contributed by atoms with Gasteiger partial charge in [-0.3, -0.25) is 0 Å². The van der Waals surface area contributed by atoms with Gasteiger partial charge in [0.2, 0.25) is 0 Å². The van der Waals surface area contributed by atoms with E-state index in [1.807, 2.05) is 13.8 Å². The van der Waals surface area contributed by atoms with Gasteiger partial charge in [0.05, 0.1) is 5.71 Å². The smallest absolute Gasteiger partial charge is 0.134 e. The summed E-state index contributed by atoms with van der Waals surface area (Å²) >= 11 is 0. The van der Waals surface area contributed by atoms with Crippen molar-refractivity contribution in [1.29, 1.82) is 0 Å². The second-order valence-corrected chi connectivity index (χ2v) is 10.9. The third-order valence-corrected chi connectivity index (χ3v) is 8.55. The molecule has 0 heterocycles. The fraction of sp³-hybridized carbons (Fsp3) is 0.792. The standard InChI is InChI=1S/C24H38N2O/c1-16-6-9-20-19-8-7-17-14-18(26-27-15-22(2,3)25)10-12-24(17,5)21(19)11-13-23(16,20)4/h14,19-21H,1,6-13,15,25H2,2-5H3/t19?,20?,21?,23-,24+/m1/s1. The molecule has 3 saturated carbocycles. The highest BCUT2D eigenvalue weighted by molar-refractivity contribution is 5.96. The van der Waals surface area contributed by atoms with Crippen LogP contribution in [0.2, 0.25) is 0 Å². The Balaban J connectivity index is 1.53. The van der Waals surface area contributed by atoms with Gasteiger partial charge in [-0.05, 0) is 99.9 Å². The van der Waals surface area contributed by atoms with Crippen LogP contribution in [0.3, 0.4) is 0 Å². The Bertz CT molecular complexity index is 685. The molecule has 3 heteroatoms. The van der Waals surface area contributed by atoms with Gasteiger partial charge in [0.15, 0.2) is 0 Å². The first-order valence-electron chi connectivity index (χ1n) is 11.0. The molecule has 0 aliphatic heterocycles. The van der Waals surface area contributed by atoms with Crippen LogP contribution in [0.25, 0.3) is 0 Å². The van der Waals surface area contributed by atoms with Crippen LogP contribution in [0.1, 0.15) is 79.1 Å². The predicted octanol–water partition coefficient (Wildman–Crippen LogP) is 5.62. The Morgan fingerprint density at radius 2 is 1.85 bits per heavy atom. The van der Waals surface area contributed by atoms with Crippen molar-refractivity contribution in [2.45, 2.75) is 84.6 Å². The zero-order valence-corrected chi connectivity index (χ0v) is 17.8. The van der Waals surface area contributed by atoms with Gasteiger partial charge >= 0.3 is 0 Å². The van der Waals surface area contributed by atoms with E-state index in [1.165, 1.54) is 50.5 Å². The summed E-state index contributed by atoms with van der Waals surface area (Å²) in [4.78, 5) is 5.55. The second-order valence-electron chi connectivity index (χ2n) is 10.9. The number of rotatable bonds is 3. The highest BCUT2D eigenvalue weighted by Gasteiger charge is 2.57. The summed E-state index contributed by atoms with van der Waals surface area (Å²) in [5.74, 6) is 2.59. The fourth-order valence-corrected chi connectivity index (χ4v) is 6.83. The van der Waals surface area contributed by atoms with Crippen LogP contribution in [-0.2, 0) is 4.84 Å². The van der Waals surface area contributed by atoms with Crippen LogP contribution in [0.15, 0.2) is 29.0 Å². The van der Waals surface area contributed by atoms with Gasteiger partial charge in [0.25, 0.3) is 0 Å². The van der Waals surface area contributed by atoms with Crippen molar-refractivity contribution in [1.82, 2.24) is 0 Å². The van der Waals surface area contributed by atoms with E-state index in [1.54, 1.807) is 5.57 Å². The maximum atomic E-state index is 6.00. The first kappa shape index (κ1) is 19.2. The third-order valence-electron chi connectivity index (χ3n) is 8.55. The summed E-state index contributed by atoms with van der Waals surface area (Å²) in [7, 11) is 0. The molecule has 3 unspecified atom stereocenters. The fourth-order valence-electron chi connectivity index (χ4n) is 6.83. The van der Waals surface area contributed by atoms with E-state index in [2.05, 4.69) is 31.7 Å². The van der Waals surface area contributed by atoms with E-state index < -0.39 is 0 Å². The van der Waals surface area contributed by atoms with Crippen molar-refractivity contribution >= 4 is 5.71 Å². The molecule has 0 radical (unpaired) electrons. The first-order chi connectivity index (χ1) is 12.6. The predicted molar refractivity (Wildman–Crippen MR) is 112 cm³/mol. The van der Waals surface area contributed by atoms with Crippen molar-refractivity contribution in [3.05, 3.63) is 23.8 Å². The highest BCUT2D eigenvalue weighted by Crippen LogP contribution is 2.66. The van der Waals surface area contributed by atoms with Crippen LogP contribution in [0.5, 0.6) is 0 Å². The van der Waals surface area contributed by atoms with Crippen molar-refractivity contribution in [2.24, 2.45) is 39.5 Å². The van der Waals surface area contributed by atoms with Gasteiger partial charge in [-0.15, -0.1) is 0 Å². The van der Waals surface area contributed by atoms with Crippen LogP contribution in [0, 0.1) is 28.6 Å². The van der Waals surface area contributed by atoms with Crippen LogP contribution in [-0.4, -0.2) is 17.9 Å². The van der Waals surface area contributed by atoms with Crippen LogP contribution in [0.4, 0.5) is 0 Å². The molecule has 0 aromatic heterocycles. The maximum Gasteiger partial charge on any atom is 0.134 e. The zero-order valence-electron chi connectivity index (χ0n) is 17.8. The van der Waals surface area contributed by atoms with Gasteiger partial charge in [-0.25, -0.2) is 0 Å². The average molecular weight is 371 g/mol. The SMILES string of the molecule is C=C1CCC2C3CCC4=CC(=NOCC(C)(C)N)CC[C@]4(C)C3CC[C@]12C. The molecule has 0 aromatic carbocycles. The minimum absolute atomic E-state index is 0.335. The molecule has 2 N–H and O–H groups in total. The van der Waals surface area contributed by atoms with Crippen molar-refractivity contribution in [3.63, 3.8) is 0 Å². The Hall–Kier alpha value is -1.09. The van der Waals surface area contributed by atoms with Gasteiger partial charge in [0.1, 0.15) is 6.61 Å². The lowest BCUT2D eigenvalue weighted by molar-refractivity contribution is -0.0227. The highest BCUT2D eigenvalue weighted by atomic mass is 16.6. The summed E-state index contributed by atoms with van der Waals surface area (Å²) in [6.07, 6.45) is 12.6. The van der Waals surface area contributed by atoms with E-state index in [0.29, 0.717) is 17.4 Å². The molecule has 0 bridgehead atoms. The van der Waals surface area contributed by atoms with Crippen LogP contribution < -0.4 is 5.73 Å². The van der Waals surface area contributed by atoms with Gasteiger partial charge in [-0.2, -0.15) is 0 Å². The van der Waals surface area contributed by atoms with E-state index in [4.69, 9.17) is 10.6 Å². The molecule has 5 atom stereocenters. The molecule has 0 saturated heterocycles. The summed E-state index contributed by atoms with van der Waals surface area (Å²) in [6, 6.07) is 0. The maximum absolute atomic E-state index is 6.00. The molecule has 4 rings (SSSR count). The lowest BCUT2D eigenvalue weighted by Crippen LogP contribution is -2.49. The molecule has 3 fully saturated rings. The van der Waals surface area contributed by atoms with E-state index >= 15 is 0 Å². The number of hydrogen-bond donors (Lipinski definition) is 1. The number of hydrogen-bond acceptors (Lipinski definition) is 3. The van der Waals surface area contributed by atoms with Crippen molar-refractivity contribution < 1.29 is 4.84 Å². The number of nitrogens with two attached hydrogens (primary N) is 1. The quantitative estimate of drug-likeness (QED) is 0.518. The lowest BCUT2D eigenvalue weighted by atomic mass is 9.47. The Morgan fingerprint density at radius 1 is 1.11 bits per heavy atom. The summed E-state index contributed by atoms with van der Waals surface area (Å²) < 4.78 is 0. The van der Waals surface area contributed by atoms with E-state index in [9.17, 15) is 0 Å². The van der Waals surface area contributed by atoms with E-state index in [-0.39, 0.29) is 5.54 Å². The molecule has 0 amide bonds. The molecule has 0 aromatic rings. The molecule has 4 aliphatic carbocycles. The second kappa shape index (κ2) is 6.47. The Labute approximate surface area is 165 Å². The van der Waals surface area contributed by atoms with Gasteiger partial charge in [-0.1, -0.05) is 36.7 Å². The Morgan fingerprint density at radius 3 is 2.59 bits per heavy atom. The summed E-state index contributed by atoms with van der Waals surface area (Å²) in [5.41, 5.74) is 10.7. The third kappa shape index (κ3) is 3.20. The minimum Gasteiger partial charge on any atom is -0.394 e. The number of fused-ring (bicyclic) bond motifs is 5. The van der Waals surface area contributed by atoms with Gasteiger partial charge in [0, 0.05) is 5.54 Å². The lowest BCUT2D eigenvalue weighted by Gasteiger charge is -2.57. The number of nitrogens with zero attached hydrogens (tertiary/aromatic N) is 1. The molecule has 150 valence electrons. The van der Waals surface area contributed by atoms with Crippen molar-refractivity contribution in [3.8, 4) is 0 Å². The molecule has 27 heavy (non-hydrogen) atoms. The largest absolute Gasteiger partial charge is 0.394 e.